The van der Waals surface area contributed by atoms with Crippen molar-refractivity contribution in [3.63, 3.8) is 0 Å². The third-order valence-electron chi connectivity index (χ3n) is 4.54. The van der Waals surface area contributed by atoms with Crippen molar-refractivity contribution < 1.29 is 13.9 Å². The molecule has 0 radical (unpaired) electrons. The number of aliphatic hydroxyl groups excluding tert-OH is 1. The first-order valence-electron chi connectivity index (χ1n) is 9.33. The molecule has 5 nitrogen and oxygen atoms in total. The second-order valence-corrected chi connectivity index (χ2v) is 6.95. The Labute approximate surface area is 154 Å². The van der Waals surface area contributed by atoms with Gasteiger partial charge in [0.25, 0.3) is 0 Å². The molecule has 3 N–H and O–H groups in total. The molecule has 0 aliphatic carbocycles. The van der Waals surface area contributed by atoms with Crippen LogP contribution in [0.3, 0.4) is 0 Å². The fraction of sp³-hybridized carbons (Fsp3) is 0.632. The molecular formula is C19H30F2N4O. The van der Waals surface area contributed by atoms with Gasteiger partial charge in [0.05, 0.1) is 0 Å². The van der Waals surface area contributed by atoms with Crippen LogP contribution in [-0.4, -0.2) is 54.8 Å². The minimum Gasteiger partial charge on any atom is -0.396 e. The quantitative estimate of drug-likeness (QED) is 0.510. The maximum absolute atomic E-state index is 13.3. The molecule has 1 heterocycles. The minimum absolute atomic E-state index is 0.130. The second-order valence-electron chi connectivity index (χ2n) is 6.95. The maximum Gasteiger partial charge on any atom is 0.191 e. The van der Waals surface area contributed by atoms with Crippen LogP contribution in [0, 0.1) is 17.6 Å². The smallest absolute Gasteiger partial charge is 0.191 e. The number of halogens is 2. The number of hydrogen-bond donors (Lipinski definition) is 3. The number of guanidine groups is 1. The summed E-state index contributed by atoms with van der Waals surface area (Å²) in [5, 5.41) is 15.8. The van der Waals surface area contributed by atoms with E-state index in [2.05, 4.69) is 20.5 Å². The number of aliphatic imine (C=N–C) groups is 1. The molecule has 1 saturated heterocycles. The lowest BCUT2D eigenvalue weighted by Gasteiger charge is -2.33. The van der Waals surface area contributed by atoms with Gasteiger partial charge in [-0.25, -0.2) is 8.78 Å². The lowest BCUT2D eigenvalue weighted by atomic mass is 10.0. The molecule has 26 heavy (non-hydrogen) atoms. The Morgan fingerprint density at radius 2 is 2.04 bits per heavy atom. The summed E-state index contributed by atoms with van der Waals surface area (Å²) in [6, 6.07) is 4.43. The number of hydrogen-bond acceptors (Lipinski definition) is 3. The highest BCUT2D eigenvalue weighted by Crippen LogP contribution is 2.16. The lowest BCUT2D eigenvalue weighted by molar-refractivity contribution is 0.198. The molecule has 0 aromatic heterocycles. The standard InChI is InChI=1S/C19H30F2N4O/c1-3-22-19(23-11-14(2)13-26)24-16-6-8-25(9-7-16)12-15-4-5-17(20)18(21)10-15/h4-5,10,14,16,26H,3,6-9,11-13H2,1-2H3,(H2,22,23,24). The van der Waals surface area contributed by atoms with Gasteiger partial charge >= 0.3 is 0 Å². The van der Waals surface area contributed by atoms with E-state index in [4.69, 9.17) is 5.11 Å². The van der Waals surface area contributed by atoms with Gasteiger partial charge in [-0.05, 0) is 43.4 Å². The van der Waals surface area contributed by atoms with Crippen molar-refractivity contribution in [1.82, 2.24) is 15.5 Å². The van der Waals surface area contributed by atoms with Crippen molar-refractivity contribution in [2.75, 3.05) is 32.8 Å². The molecule has 146 valence electrons. The first-order chi connectivity index (χ1) is 12.5. The molecule has 0 bridgehead atoms. The van der Waals surface area contributed by atoms with E-state index in [9.17, 15) is 8.78 Å². The molecule has 2 rings (SSSR count). The maximum atomic E-state index is 13.3. The summed E-state index contributed by atoms with van der Waals surface area (Å²) in [4.78, 5) is 6.78. The number of nitrogens with zero attached hydrogens (tertiary/aromatic N) is 2. The number of likely N-dealkylation sites (tertiary alicyclic amines) is 1. The Morgan fingerprint density at radius 3 is 2.65 bits per heavy atom. The third-order valence-corrected chi connectivity index (χ3v) is 4.54. The van der Waals surface area contributed by atoms with Crippen molar-refractivity contribution in [2.45, 2.75) is 39.3 Å². The van der Waals surface area contributed by atoms with Gasteiger partial charge in [0, 0.05) is 45.4 Å². The zero-order valence-electron chi connectivity index (χ0n) is 15.6. The van der Waals surface area contributed by atoms with E-state index < -0.39 is 11.6 Å². The van der Waals surface area contributed by atoms with Crippen molar-refractivity contribution in [1.29, 1.82) is 0 Å². The third kappa shape index (κ3) is 6.53. The number of nitrogens with one attached hydrogen (secondary N) is 2. The fourth-order valence-corrected chi connectivity index (χ4v) is 2.95. The summed E-state index contributed by atoms with van der Waals surface area (Å²) in [6.07, 6.45) is 1.92. The van der Waals surface area contributed by atoms with Gasteiger partial charge < -0.3 is 15.7 Å². The van der Waals surface area contributed by atoms with Crippen molar-refractivity contribution in [3.8, 4) is 0 Å². The van der Waals surface area contributed by atoms with Crippen LogP contribution in [-0.2, 0) is 6.54 Å². The highest BCUT2D eigenvalue weighted by molar-refractivity contribution is 5.80. The summed E-state index contributed by atoms with van der Waals surface area (Å²) in [6.45, 7) is 7.90. The average molecular weight is 368 g/mol. The zero-order valence-corrected chi connectivity index (χ0v) is 15.6. The molecule has 0 saturated carbocycles. The van der Waals surface area contributed by atoms with Crippen LogP contribution in [0.2, 0.25) is 0 Å². The van der Waals surface area contributed by atoms with E-state index in [0.29, 0.717) is 19.1 Å². The first-order valence-corrected chi connectivity index (χ1v) is 9.33. The van der Waals surface area contributed by atoms with E-state index in [1.54, 1.807) is 6.07 Å². The van der Waals surface area contributed by atoms with Gasteiger partial charge in [-0.3, -0.25) is 9.89 Å². The van der Waals surface area contributed by atoms with E-state index in [0.717, 1.165) is 44.0 Å². The molecule has 1 unspecified atom stereocenters. The monoisotopic (exact) mass is 368 g/mol. The minimum atomic E-state index is -0.803. The zero-order chi connectivity index (χ0) is 18.9. The van der Waals surface area contributed by atoms with Gasteiger partial charge in [-0.2, -0.15) is 0 Å². The fourth-order valence-electron chi connectivity index (χ4n) is 2.95. The summed E-state index contributed by atoms with van der Waals surface area (Å²) in [5.41, 5.74) is 0.795. The van der Waals surface area contributed by atoms with E-state index >= 15 is 0 Å². The highest BCUT2D eigenvalue weighted by atomic mass is 19.2. The van der Waals surface area contributed by atoms with Crippen LogP contribution in [0.4, 0.5) is 8.78 Å². The lowest BCUT2D eigenvalue weighted by Crippen LogP contribution is -2.48. The Kier molecular flexibility index (Phi) is 8.25. The average Bonchev–Trinajstić information content (AvgIpc) is 2.64. The summed E-state index contributed by atoms with van der Waals surface area (Å²) >= 11 is 0. The van der Waals surface area contributed by atoms with Gasteiger partial charge in [-0.1, -0.05) is 13.0 Å². The molecule has 1 aliphatic heterocycles. The number of piperidine rings is 1. The van der Waals surface area contributed by atoms with Crippen LogP contribution < -0.4 is 10.6 Å². The van der Waals surface area contributed by atoms with Crippen molar-refractivity contribution in [2.24, 2.45) is 10.9 Å². The molecule has 0 spiro atoms. The second kappa shape index (κ2) is 10.4. The Balaban J connectivity index is 1.81. The van der Waals surface area contributed by atoms with Crippen LogP contribution >= 0.6 is 0 Å². The van der Waals surface area contributed by atoms with Crippen LogP contribution in [0.1, 0.15) is 32.3 Å². The van der Waals surface area contributed by atoms with Crippen LogP contribution in [0.25, 0.3) is 0 Å². The van der Waals surface area contributed by atoms with Gasteiger partial charge in [0.2, 0.25) is 0 Å². The normalized spacial score (nSPS) is 18.0. The van der Waals surface area contributed by atoms with Gasteiger partial charge in [0.1, 0.15) is 0 Å². The molecule has 7 heteroatoms. The van der Waals surface area contributed by atoms with Crippen LogP contribution in [0.15, 0.2) is 23.2 Å². The molecule has 1 aliphatic rings. The largest absolute Gasteiger partial charge is 0.396 e. The molecule has 0 amide bonds. The predicted octanol–water partition coefficient (Wildman–Crippen LogP) is 2.11. The van der Waals surface area contributed by atoms with Gasteiger partial charge in [0.15, 0.2) is 17.6 Å². The summed E-state index contributed by atoms with van der Waals surface area (Å²) < 4.78 is 26.3. The van der Waals surface area contributed by atoms with Crippen LogP contribution in [0.5, 0.6) is 0 Å². The predicted molar refractivity (Wildman–Crippen MR) is 100 cm³/mol. The molecular weight excluding hydrogens is 338 g/mol. The number of aliphatic hydroxyl groups is 1. The Bertz CT molecular complexity index is 589. The highest BCUT2D eigenvalue weighted by Gasteiger charge is 2.20. The van der Waals surface area contributed by atoms with Crippen molar-refractivity contribution >= 4 is 5.96 Å². The molecule has 1 aromatic rings. The first kappa shape index (κ1) is 20.6. The topological polar surface area (TPSA) is 59.9 Å². The van der Waals surface area contributed by atoms with E-state index in [1.165, 1.54) is 12.1 Å². The molecule has 1 atom stereocenters. The number of benzene rings is 1. The molecule has 1 fully saturated rings. The summed E-state index contributed by atoms with van der Waals surface area (Å²) in [5.74, 6) is -0.666. The Morgan fingerprint density at radius 1 is 1.31 bits per heavy atom. The van der Waals surface area contributed by atoms with Crippen molar-refractivity contribution in [3.05, 3.63) is 35.4 Å². The SMILES string of the molecule is CCNC(=NCC(C)CO)NC1CCN(Cc2ccc(F)c(F)c2)CC1. The molecule has 1 aromatic carbocycles. The summed E-state index contributed by atoms with van der Waals surface area (Å²) in [7, 11) is 0. The Hall–Kier alpha value is -1.73. The number of rotatable bonds is 7. The van der Waals surface area contributed by atoms with E-state index in [-0.39, 0.29) is 12.5 Å². The van der Waals surface area contributed by atoms with Gasteiger partial charge in [-0.15, -0.1) is 0 Å². The van der Waals surface area contributed by atoms with E-state index in [1.807, 2.05) is 13.8 Å².